The zero-order valence-electron chi connectivity index (χ0n) is 3.90. The number of nitrogens with zero attached hydrogens (tertiary/aromatic N) is 3. The van der Waals surface area contributed by atoms with Crippen molar-refractivity contribution in [3.63, 3.8) is 0 Å². The van der Waals surface area contributed by atoms with Crippen LogP contribution in [0, 0.1) is 6.20 Å². The maximum absolute atomic E-state index is 3.92. The molecule has 2 heterocycles. The van der Waals surface area contributed by atoms with Crippen molar-refractivity contribution in [3.8, 4) is 0 Å². The third kappa shape index (κ3) is 0.376. The second kappa shape index (κ2) is 1.29. The quantitative estimate of drug-likeness (QED) is 0.514. The average Bonchev–Trinajstić information content (AvgIpc) is 2.15. The molecular weight excluding hydrogens is 122 g/mol. The Kier molecular flexibility index (Phi) is 0.648. The summed E-state index contributed by atoms with van der Waals surface area (Å²) in [6.45, 7) is 0. The van der Waals surface area contributed by atoms with E-state index >= 15 is 0 Å². The fourth-order valence-electron chi connectivity index (χ4n) is 0.530. The molecule has 0 spiro atoms. The lowest BCUT2D eigenvalue weighted by Crippen LogP contribution is -1.74. The fourth-order valence-corrected chi connectivity index (χ4v) is 1.09. The molecule has 0 atom stereocenters. The van der Waals surface area contributed by atoms with Crippen molar-refractivity contribution >= 4 is 16.3 Å². The second-order valence-electron chi connectivity index (χ2n) is 1.34. The van der Waals surface area contributed by atoms with Crippen molar-refractivity contribution in [2.75, 3.05) is 0 Å². The van der Waals surface area contributed by atoms with E-state index in [4.69, 9.17) is 0 Å². The van der Waals surface area contributed by atoms with Crippen molar-refractivity contribution in [3.05, 3.63) is 17.9 Å². The first-order valence-electron chi connectivity index (χ1n) is 2.12. The molecule has 3 nitrogen and oxygen atoms in total. The molecule has 8 heavy (non-hydrogen) atoms. The van der Waals surface area contributed by atoms with E-state index in [1.54, 1.807) is 16.2 Å². The van der Waals surface area contributed by atoms with Crippen LogP contribution in [-0.4, -0.2) is 14.6 Å². The summed E-state index contributed by atoms with van der Waals surface area (Å²) in [5.41, 5.74) is 1.75. The van der Waals surface area contributed by atoms with Gasteiger partial charge in [-0.15, -0.1) is 0 Å². The zero-order chi connectivity index (χ0) is 5.40. The van der Waals surface area contributed by atoms with E-state index in [1.807, 2.05) is 0 Å². The van der Waals surface area contributed by atoms with Crippen LogP contribution in [0.25, 0.3) is 4.96 Å². The van der Waals surface area contributed by atoms with Gasteiger partial charge in [-0.25, -0.2) is 9.50 Å². The first kappa shape index (κ1) is 4.03. The first-order chi connectivity index (χ1) is 3.97. The van der Waals surface area contributed by atoms with Gasteiger partial charge in [0.2, 0.25) is 4.96 Å². The molecule has 2 rings (SSSR count). The molecule has 0 aliphatic carbocycles. The molecule has 4 heteroatoms. The van der Waals surface area contributed by atoms with Gasteiger partial charge in [0.25, 0.3) is 0 Å². The molecular formula is C4H2N3S. The molecule has 0 N–H and O–H groups in total. The maximum atomic E-state index is 3.92. The third-order valence-corrected chi connectivity index (χ3v) is 1.55. The molecule has 0 aromatic carbocycles. The lowest BCUT2D eigenvalue weighted by Gasteiger charge is -1.69. The van der Waals surface area contributed by atoms with Crippen LogP contribution in [0.15, 0.2) is 11.7 Å². The summed E-state index contributed by atoms with van der Waals surface area (Å²) in [4.78, 5) is 4.77. The van der Waals surface area contributed by atoms with E-state index in [9.17, 15) is 0 Å². The number of imidazole rings is 1. The predicted octanol–water partition coefficient (Wildman–Crippen LogP) is 0.591. The molecule has 0 bridgehead atoms. The number of rotatable bonds is 0. The SMILES string of the molecule is [c]1cn2ncsc2n1. The molecule has 0 aliphatic heterocycles. The number of hydrogen-bond acceptors (Lipinski definition) is 3. The van der Waals surface area contributed by atoms with E-state index in [-0.39, 0.29) is 0 Å². The van der Waals surface area contributed by atoms with Crippen LogP contribution in [0.5, 0.6) is 0 Å². The molecule has 0 saturated carbocycles. The van der Waals surface area contributed by atoms with Crippen molar-refractivity contribution < 1.29 is 0 Å². The Morgan fingerprint density at radius 1 is 1.75 bits per heavy atom. The van der Waals surface area contributed by atoms with Crippen LogP contribution in [0.2, 0.25) is 0 Å². The van der Waals surface area contributed by atoms with Gasteiger partial charge < -0.3 is 0 Å². The molecule has 2 aromatic heterocycles. The van der Waals surface area contributed by atoms with E-state index in [0.29, 0.717) is 0 Å². The second-order valence-corrected chi connectivity index (χ2v) is 2.15. The van der Waals surface area contributed by atoms with Crippen LogP contribution in [-0.2, 0) is 0 Å². The van der Waals surface area contributed by atoms with Crippen molar-refractivity contribution in [2.24, 2.45) is 0 Å². The summed E-state index contributed by atoms with van der Waals surface area (Å²) < 4.78 is 1.69. The van der Waals surface area contributed by atoms with Gasteiger partial charge in [-0.2, -0.15) is 5.10 Å². The van der Waals surface area contributed by atoms with Crippen LogP contribution < -0.4 is 0 Å². The van der Waals surface area contributed by atoms with Gasteiger partial charge in [-0.3, -0.25) is 0 Å². The Bertz CT molecular complexity index is 233. The van der Waals surface area contributed by atoms with Crippen LogP contribution in [0.1, 0.15) is 0 Å². The van der Waals surface area contributed by atoms with Crippen molar-refractivity contribution in [1.82, 2.24) is 14.6 Å². The molecule has 1 radical (unpaired) electrons. The summed E-state index contributed by atoms with van der Waals surface area (Å²) in [7, 11) is 0. The fraction of sp³-hybridized carbons (Fsp3) is 0. The normalized spacial score (nSPS) is 10.5. The Balaban J connectivity index is 3.06. The highest BCUT2D eigenvalue weighted by Crippen LogP contribution is 2.02. The van der Waals surface area contributed by atoms with Crippen LogP contribution in [0.3, 0.4) is 0 Å². The average molecular weight is 124 g/mol. The molecule has 39 valence electrons. The van der Waals surface area contributed by atoms with Crippen LogP contribution >= 0.6 is 11.3 Å². The molecule has 0 amide bonds. The van der Waals surface area contributed by atoms with Gasteiger partial charge in [0.15, 0.2) is 0 Å². The summed E-state index contributed by atoms with van der Waals surface area (Å²) in [5, 5.41) is 3.92. The van der Waals surface area contributed by atoms with Gasteiger partial charge in [0, 0.05) is 0 Å². The van der Waals surface area contributed by atoms with Gasteiger partial charge in [0.1, 0.15) is 11.7 Å². The highest BCUT2D eigenvalue weighted by Gasteiger charge is 1.90. The predicted molar refractivity (Wildman–Crippen MR) is 29.7 cm³/mol. The maximum Gasteiger partial charge on any atom is 0.212 e. The standard InChI is InChI=1S/C4H2N3S/c1-2-7-4(5-1)8-3-6-7/h2-3H. The number of fused-ring (bicyclic) bond motifs is 1. The van der Waals surface area contributed by atoms with Gasteiger partial charge >= 0.3 is 0 Å². The van der Waals surface area contributed by atoms with E-state index in [2.05, 4.69) is 16.3 Å². The van der Waals surface area contributed by atoms with Crippen molar-refractivity contribution in [1.29, 1.82) is 0 Å². The Morgan fingerprint density at radius 3 is 3.62 bits per heavy atom. The lowest BCUT2D eigenvalue weighted by molar-refractivity contribution is 0.973. The van der Waals surface area contributed by atoms with E-state index < -0.39 is 0 Å². The van der Waals surface area contributed by atoms with Crippen LogP contribution in [0.4, 0.5) is 0 Å². The van der Waals surface area contributed by atoms with Gasteiger partial charge in [-0.05, 0) is 0 Å². The highest BCUT2D eigenvalue weighted by atomic mass is 32.1. The molecule has 0 fully saturated rings. The van der Waals surface area contributed by atoms with Gasteiger partial charge in [-0.1, -0.05) is 11.3 Å². The number of hydrogen-bond donors (Lipinski definition) is 0. The molecule has 0 unspecified atom stereocenters. The molecule has 0 aliphatic rings. The molecule has 2 aromatic rings. The zero-order valence-corrected chi connectivity index (χ0v) is 4.72. The Morgan fingerprint density at radius 2 is 2.75 bits per heavy atom. The minimum absolute atomic E-state index is 0.894. The summed E-state index contributed by atoms with van der Waals surface area (Å²) >= 11 is 1.50. The smallest absolute Gasteiger partial charge is 0.212 e. The lowest BCUT2D eigenvalue weighted by atomic mass is 11.0. The van der Waals surface area contributed by atoms with E-state index in [0.717, 1.165) is 4.96 Å². The summed E-state index contributed by atoms with van der Waals surface area (Å²) in [6.07, 6.45) is 4.38. The summed E-state index contributed by atoms with van der Waals surface area (Å²) in [5.74, 6) is 0. The van der Waals surface area contributed by atoms with E-state index in [1.165, 1.54) is 11.3 Å². The third-order valence-electron chi connectivity index (χ3n) is 0.866. The number of aromatic nitrogens is 3. The molecule has 0 saturated heterocycles. The summed E-state index contributed by atoms with van der Waals surface area (Å²) in [6, 6.07) is 0. The monoisotopic (exact) mass is 124 g/mol. The van der Waals surface area contributed by atoms with Crippen molar-refractivity contribution in [2.45, 2.75) is 0 Å². The topological polar surface area (TPSA) is 30.2 Å². The highest BCUT2D eigenvalue weighted by molar-refractivity contribution is 7.14. The van der Waals surface area contributed by atoms with Gasteiger partial charge in [0.05, 0.1) is 6.20 Å². The Labute approximate surface area is 49.6 Å². The minimum atomic E-state index is 0.894. The largest absolute Gasteiger partial charge is 0.216 e. The first-order valence-corrected chi connectivity index (χ1v) is 3.00. The Hall–Kier alpha value is -0.900. The minimum Gasteiger partial charge on any atom is -0.216 e.